The van der Waals surface area contributed by atoms with Gasteiger partial charge < -0.3 is 9.88 Å². The van der Waals surface area contributed by atoms with Crippen molar-refractivity contribution in [1.29, 1.82) is 0 Å². The fourth-order valence-electron chi connectivity index (χ4n) is 3.38. The van der Waals surface area contributed by atoms with E-state index in [0.29, 0.717) is 10.8 Å². The minimum atomic E-state index is -3.76. The summed E-state index contributed by atoms with van der Waals surface area (Å²) in [5, 5.41) is 1.16. The second-order valence-corrected chi connectivity index (χ2v) is 8.69. The number of nitrogens with zero attached hydrogens (tertiary/aromatic N) is 2. The first kappa shape index (κ1) is 19.3. The number of halogens is 1. The fraction of sp³-hybridized carbons (Fsp3) is 0.200. The highest BCUT2D eigenvalue weighted by atomic mass is 32.2. The molecule has 2 heterocycles. The zero-order valence-electron chi connectivity index (χ0n) is 15.3. The molecule has 9 heteroatoms. The predicted octanol–water partition coefficient (Wildman–Crippen LogP) is 1.81. The maximum absolute atomic E-state index is 13.1. The van der Waals surface area contributed by atoms with Crippen molar-refractivity contribution in [1.82, 2.24) is 14.2 Å². The maximum atomic E-state index is 13.1. The van der Waals surface area contributed by atoms with E-state index in [-0.39, 0.29) is 48.2 Å². The lowest BCUT2D eigenvalue weighted by molar-refractivity contribution is 0.0692. The number of H-pyrrole nitrogens is 1. The second-order valence-electron chi connectivity index (χ2n) is 6.75. The number of aromatic nitrogens is 1. The number of carbonyl (C=O) groups is 1. The monoisotopic (exact) mass is 415 g/mol. The normalized spacial score (nSPS) is 15.6. The Labute approximate surface area is 166 Å². The van der Waals surface area contributed by atoms with Gasteiger partial charge in [-0.2, -0.15) is 4.31 Å². The van der Waals surface area contributed by atoms with E-state index in [2.05, 4.69) is 4.98 Å². The Hall–Kier alpha value is -3.04. The SMILES string of the molecule is O=C(c1cc2ccccc2c(=O)[nH]1)N1CCN(S(=O)(=O)c2ccc(F)cc2)CC1. The van der Waals surface area contributed by atoms with Crippen LogP contribution < -0.4 is 5.56 Å². The van der Waals surface area contributed by atoms with Crippen LogP contribution in [0.15, 0.2) is 64.3 Å². The van der Waals surface area contributed by atoms with Crippen molar-refractivity contribution in [2.75, 3.05) is 26.2 Å². The highest BCUT2D eigenvalue weighted by Gasteiger charge is 2.30. The first-order valence-corrected chi connectivity index (χ1v) is 10.5. The minimum absolute atomic E-state index is 0.0116. The fourth-order valence-corrected chi connectivity index (χ4v) is 4.81. The van der Waals surface area contributed by atoms with Crippen LogP contribution in [-0.4, -0.2) is 54.7 Å². The maximum Gasteiger partial charge on any atom is 0.270 e. The summed E-state index contributed by atoms with van der Waals surface area (Å²) < 4.78 is 39.7. The third kappa shape index (κ3) is 3.66. The van der Waals surface area contributed by atoms with Gasteiger partial charge in [0.15, 0.2) is 0 Å². The Balaban J connectivity index is 1.50. The number of nitrogens with one attached hydrogen (secondary N) is 1. The topological polar surface area (TPSA) is 90.6 Å². The summed E-state index contributed by atoms with van der Waals surface area (Å²) >= 11 is 0. The van der Waals surface area contributed by atoms with Gasteiger partial charge in [-0.15, -0.1) is 0 Å². The van der Waals surface area contributed by atoms with Crippen LogP contribution in [0.3, 0.4) is 0 Å². The van der Waals surface area contributed by atoms with Gasteiger partial charge in [-0.05, 0) is 41.8 Å². The van der Waals surface area contributed by atoms with E-state index in [1.54, 1.807) is 30.3 Å². The number of hydrogen-bond acceptors (Lipinski definition) is 4. The number of carbonyl (C=O) groups excluding carboxylic acids is 1. The van der Waals surface area contributed by atoms with Gasteiger partial charge in [-0.1, -0.05) is 18.2 Å². The second kappa shape index (κ2) is 7.41. The van der Waals surface area contributed by atoms with Crippen LogP contribution in [0.5, 0.6) is 0 Å². The Bertz CT molecular complexity index is 1230. The van der Waals surface area contributed by atoms with Crippen molar-refractivity contribution >= 4 is 26.7 Å². The largest absolute Gasteiger partial charge is 0.335 e. The van der Waals surface area contributed by atoms with Crippen molar-refractivity contribution in [3.63, 3.8) is 0 Å². The molecule has 29 heavy (non-hydrogen) atoms. The summed E-state index contributed by atoms with van der Waals surface area (Å²) in [5.41, 5.74) is -0.174. The van der Waals surface area contributed by atoms with Crippen molar-refractivity contribution < 1.29 is 17.6 Å². The quantitative estimate of drug-likeness (QED) is 0.707. The molecule has 1 aliphatic rings. The molecule has 150 valence electrons. The molecule has 0 aliphatic carbocycles. The van der Waals surface area contributed by atoms with Crippen LogP contribution in [-0.2, 0) is 10.0 Å². The molecule has 0 saturated carbocycles. The number of fused-ring (bicyclic) bond motifs is 1. The molecule has 2 aromatic carbocycles. The number of piperazine rings is 1. The van der Waals surface area contributed by atoms with E-state index in [9.17, 15) is 22.4 Å². The number of pyridine rings is 1. The molecule has 3 aromatic rings. The van der Waals surface area contributed by atoms with Gasteiger partial charge in [0.2, 0.25) is 10.0 Å². The lowest BCUT2D eigenvalue weighted by Crippen LogP contribution is -2.50. The molecule has 0 unspecified atom stereocenters. The molecule has 0 radical (unpaired) electrons. The van der Waals surface area contributed by atoms with Crippen LogP contribution in [0.4, 0.5) is 4.39 Å². The first-order valence-electron chi connectivity index (χ1n) is 9.03. The zero-order chi connectivity index (χ0) is 20.6. The molecule has 1 aromatic heterocycles. The van der Waals surface area contributed by atoms with Crippen molar-refractivity contribution in [3.8, 4) is 0 Å². The summed E-state index contributed by atoms with van der Waals surface area (Å²) in [6.07, 6.45) is 0. The number of sulfonamides is 1. The summed E-state index contributed by atoms with van der Waals surface area (Å²) in [5.74, 6) is -0.865. The van der Waals surface area contributed by atoms with Crippen LogP contribution >= 0.6 is 0 Å². The molecule has 7 nitrogen and oxygen atoms in total. The zero-order valence-corrected chi connectivity index (χ0v) is 16.2. The highest BCUT2D eigenvalue weighted by Crippen LogP contribution is 2.19. The van der Waals surface area contributed by atoms with E-state index < -0.39 is 15.8 Å². The molecule has 1 fully saturated rings. The summed E-state index contributed by atoms with van der Waals surface area (Å²) in [7, 11) is -3.76. The Morgan fingerprint density at radius 1 is 0.966 bits per heavy atom. The minimum Gasteiger partial charge on any atom is -0.335 e. The predicted molar refractivity (Wildman–Crippen MR) is 106 cm³/mol. The standard InChI is InChI=1S/C20H18FN3O4S/c21-15-5-7-16(8-6-15)29(27,28)24-11-9-23(10-12-24)20(26)18-13-14-3-1-2-4-17(14)19(25)22-18/h1-8,13H,9-12H2,(H,22,25). The molecule has 4 rings (SSSR count). The van der Waals surface area contributed by atoms with Gasteiger partial charge in [0.25, 0.3) is 11.5 Å². The molecule has 1 amide bonds. The number of aromatic amines is 1. The van der Waals surface area contributed by atoms with Gasteiger partial charge in [0.05, 0.1) is 4.90 Å². The molecule has 0 bridgehead atoms. The van der Waals surface area contributed by atoms with Crippen LogP contribution in [0.2, 0.25) is 0 Å². The van der Waals surface area contributed by atoms with Gasteiger partial charge in [0.1, 0.15) is 11.5 Å². The van der Waals surface area contributed by atoms with Crippen molar-refractivity contribution in [2.45, 2.75) is 4.90 Å². The third-order valence-electron chi connectivity index (χ3n) is 4.96. The summed E-state index contributed by atoms with van der Waals surface area (Å²) in [6, 6.07) is 13.3. The lowest BCUT2D eigenvalue weighted by Gasteiger charge is -2.34. The van der Waals surface area contributed by atoms with Gasteiger partial charge in [-0.25, -0.2) is 12.8 Å². The van der Waals surface area contributed by atoms with Crippen LogP contribution in [0.25, 0.3) is 10.8 Å². The molecule has 1 N–H and O–H groups in total. The smallest absolute Gasteiger partial charge is 0.270 e. The first-order chi connectivity index (χ1) is 13.9. The van der Waals surface area contributed by atoms with Crippen molar-refractivity contribution in [2.24, 2.45) is 0 Å². The van der Waals surface area contributed by atoms with E-state index in [1.165, 1.54) is 21.3 Å². The lowest BCUT2D eigenvalue weighted by atomic mass is 10.1. The third-order valence-corrected chi connectivity index (χ3v) is 6.87. The molecule has 1 saturated heterocycles. The van der Waals surface area contributed by atoms with Crippen LogP contribution in [0.1, 0.15) is 10.5 Å². The number of amides is 1. The van der Waals surface area contributed by atoms with E-state index in [0.717, 1.165) is 12.1 Å². The average Bonchev–Trinajstić information content (AvgIpc) is 2.73. The van der Waals surface area contributed by atoms with Crippen molar-refractivity contribution in [3.05, 3.63) is 76.5 Å². The number of rotatable bonds is 3. The number of benzene rings is 2. The van der Waals surface area contributed by atoms with E-state index >= 15 is 0 Å². The van der Waals surface area contributed by atoms with Gasteiger partial charge in [0, 0.05) is 31.6 Å². The van der Waals surface area contributed by atoms with Gasteiger partial charge in [-0.3, -0.25) is 9.59 Å². The van der Waals surface area contributed by atoms with E-state index in [1.807, 2.05) is 0 Å². The highest BCUT2D eigenvalue weighted by molar-refractivity contribution is 7.89. The molecular formula is C20H18FN3O4S. The Morgan fingerprint density at radius 2 is 1.62 bits per heavy atom. The molecular weight excluding hydrogens is 397 g/mol. The van der Waals surface area contributed by atoms with Gasteiger partial charge >= 0.3 is 0 Å². The molecule has 0 spiro atoms. The Morgan fingerprint density at radius 3 is 2.31 bits per heavy atom. The Kier molecular flexibility index (Phi) is 4.93. The summed E-state index contributed by atoms with van der Waals surface area (Å²) in [6.45, 7) is 0.606. The van der Waals surface area contributed by atoms with E-state index in [4.69, 9.17) is 0 Å². The molecule has 0 atom stereocenters. The average molecular weight is 415 g/mol. The summed E-state index contributed by atoms with van der Waals surface area (Å²) in [4.78, 5) is 29.1. The van der Waals surface area contributed by atoms with Crippen LogP contribution in [0, 0.1) is 5.82 Å². The molecule has 1 aliphatic heterocycles. The number of hydrogen-bond donors (Lipinski definition) is 1.